The van der Waals surface area contributed by atoms with Crippen LogP contribution in [0.2, 0.25) is 0 Å². The monoisotopic (exact) mass is 941 g/mol. The van der Waals surface area contributed by atoms with Gasteiger partial charge in [0, 0.05) is 59.0 Å². The number of nitrogens with zero attached hydrogens (tertiary/aromatic N) is 2. The molecule has 0 bridgehead atoms. The lowest BCUT2D eigenvalue weighted by atomic mass is 10.0. The zero-order chi connectivity index (χ0) is 49.9. The van der Waals surface area contributed by atoms with Gasteiger partial charge in [0.25, 0.3) is 11.8 Å². The number of benzene rings is 2. The summed E-state index contributed by atoms with van der Waals surface area (Å²) in [6, 6.07) is 8.31. The first-order valence-corrected chi connectivity index (χ1v) is 22.2. The predicted molar refractivity (Wildman–Crippen MR) is 243 cm³/mol. The standard InChI is InChI=1S/C22H26F2N4O7.C19H28N2O4.C5H12BN/c1-34-15-5-3-12(7-16(15)35-2)9-25-21(33)19(31)14-8-22(23,24)11-28(14)18(30)10-26-20(32)13-4-6-17(29)27-13;1-14(23)21-12-16-6-4-5-15(17(16)13-21)11-20-18(24)7-10-25-19(2,3)8-9-22;1-5(2)3-4-7-6/h3,5,7,13-14H,4,6,8-11H2,1-2H3,(H,25,33)(H,26,32)(H,27,29);4-6,22H,7-13H2,1-3H3,(H,20,24);5,7H,3-4H2,1-2H3. The van der Waals surface area contributed by atoms with Crippen molar-refractivity contribution >= 4 is 49.2 Å². The van der Waals surface area contributed by atoms with E-state index in [1.165, 1.54) is 14.2 Å². The van der Waals surface area contributed by atoms with Crippen molar-refractivity contribution < 1.29 is 61.7 Å². The van der Waals surface area contributed by atoms with Crippen LogP contribution in [-0.2, 0) is 64.5 Å². The fourth-order valence-corrected chi connectivity index (χ4v) is 7.22. The van der Waals surface area contributed by atoms with Crippen molar-refractivity contribution in [2.75, 3.05) is 47.1 Å². The summed E-state index contributed by atoms with van der Waals surface area (Å²) in [5, 5.41) is 21.6. The van der Waals surface area contributed by atoms with Crippen LogP contribution >= 0.6 is 0 Å². The number of fused-ring (bicyclic) bond motifs is 1. The number of carbonyl (C=O) groups is 7. The molecular weight excluding hydrogens is 875 g/mol. The van der Waals surface area contributed by atoms with Gasteiger partial charge in [0.2, 0.25) is 35.3 Å². The summed E-state index contributed by atoms with van der Waals surface area (Å²) in [5.41, 5.74) is 3.48. The van der Waals surface area contributed by atoms with Crippen LogP contribution in [0.15, 0.2) is 36.4 Å². The highest BCUT2D eigenvalue weighted by molar-refractivity contribution is 6.38. The number of methoxy groups -OCH3 is 2. The van der Waals surface area contributed by atoms with Crippen molar-refractivity contribution in [2.24, 2.45) is 5.92 Å². The van der Waals surface area contributed by atoms with Crippen LogP contribution in [0.1, 0.15) is 95.4 Å². The molecule has 0 aliphatic carbocycles. The van der Waals surface area contributed by atoms with Gasteiger partial charge in [0.1, 0.15) is 12.1 Å². The maximum atomic E-state index is 14.1. The Balaban J connectivity index is 0.000000323. The molecule has 2 saturated heterocycles. The van der Waals surface area contributed by atoms with E-state index in [9.17, 15) is 42.3 Å². The molecule has 2 aromatic rings. The number of nitrogens with one attached hydrogen (secondary N) is 5. The number of ketones is 1. The fraction of sp³-hybridized carbons (Fsp3) is 0.587. The summed E-state index contributed by atoms with van der Waals surface area (Å²) in [4.78, 5) is 86.9. The Morgan fingerprint density at radius 1 is 1.00 bits per heavy atom. The Kier molecular flexibility index (Phi) is 22.1. The maximum Gasteiger partial charge on any atom is 0.289 e. The van der Waals surface area contributed by atoms with Gasteiger partial charge in [-0.2, -0.15) is 0 Å². The summed E-state index contributed by atoms with van der Waals surface area (Å²) >= 11 is 0. The van der Waals surface area contributed by atoms with Crippen LogP contribution in [0.5, 0.6) is 11.5 Å². The lowest BCUT2D eigenvalue weighted by Gasteiger charge is -2.24. The predicted octanol–water partition coefficient (Wildman–Crippen LogP) is 1.96. The van der Waals surface area contributed by atoms with Crippen LogP contribution < -0.4 is 36.0 Å². The first kappa shape index (κ1) is 55.7. The van der Waals surface area contributed by atoms with E-state index < -0.39 is 66.6 Å². The first-order valence-electron chi connectivity index (χ1n) is 22.2. The second-order valence-corrected chi connectivity index (χ2v) is 17.4. The number of ether oxygens (including phenoxy) is 3. The van der Waals surface area contributed by atoms with Crippen molar-refractivity contribution in [3.63, 3.8) is 0 Å². The highest BCUT2D eigenvalue weighted by Crippen LogP contribution is 2.33. The van der Waals surface area contributed by atoms with Gasteiger partial charge in [-0.05, 0) is 80.0 Å². The summed E-state index contributed by atoms with van der Waals surface area (Å²) < 4.78 is 44.1. The summed E-state index contributed by atoms with van der Waals surface area (Å²) in [6.45, 7) is 10.9. The maximum absolute atomic E-state index is 14.1. The van der Waals surface area contributed by atoms with Gasteiger partial charge in [-0.25, -0.2) is 8.78 Å². The van der Waals surface area contributed by atoms with Crippen LogP contribution in [0.4, 0.5) is 8.78 Å². The minimum Gasteiger partial charge on any atom is -0.493 e. The normalized spacial score (nSPS) is 17.0. The number of likely N-dealkylation sites (tertiary alicyclic amines) is 1. The Morgan fingerprint density at radius 3 is 2.31 bits per heavy atom. The number of hydrogen-bond acceptors (Lipinski definition) is 12. The van der Waals surface area contributed by atoms with Gasteiger partial charge in [0.15, 0.2) is 19.5 Å². The van der Waals surface area contributed by atoms with Crippen LogP contribution in [0.3, 0.4) is 0 Å². The molecule has 0 saturated carbocycles. The molecule has 21 heteroatoms. The molecule has 5 rings (SSSR count). The van der Waals surface area contributed by atoms with Crippen molar-refractivity contribution in [2.45, 2.75) is 123 Å². The molecule has 0 aromatic heterocycles. The molecule has 368 valence electrons. The zero-order valence-electron chi connectivity index (χ0n) is 39.6. The van der Waals surface area contributed by atoms with Gasteiger partial charge < -0.3 is 55.6 Å². The number of rotatable bonds is 20. The molecule has 3 aliphatic rings. The molecule has 0 spiro atoms. The lowest BCUT2D eigenvalue weighted by Crippen LogP contribution is -2.51. The molecule has 2 atom stereocenters. The van der Waals surface area contributed by atoms with Crippen molar-refractivity contribution in [1.29, 1.82) is 0 Å². The average Bonchev–Trinajstić information content (AvgIpc) is 4.02. The zero-order valence-corrected chi connectivity index (χ0v) is 39.6. The Bertz CT molecular complexity index is 2040. The molecule has 3 aliphatic heterocycles. The van der Waals surface area contributed by atoms with E-state index in [0.717, 1.165) is 35.6 Å². The molecule has 2 radical (unpaired) electrons. The largest absolute Gasteiger partial charge is 0.493 e. The van der Waals surface area contributed by atoms with Crippen molar-refractivity contribution in [3.05, 3.63) is 58.7 Å². The van der Waals surface area contributed by atoms with Gasteiger partial charge in [-0.1, -0.05) is 38.1 Å². The quantitative estimate of drug-likeness (QED) is 0.0827. The molecule has 2 aromatic carbocycles. The second-order valence-electron chi connectivity index (χ2n) is 17.4. The van der Waals surface area contributed by atoms with E-state index in [4.69, 9.17) is 27.3 Å². The number of carbonyl (C=O) groups excluding carboxylic acids is 7. The number of aliphatic hydroxyl groups excluding tert-OH is 1. The van der Waals surface area contributed by atoms with E-state index in [2.05, 4.69) is 40.3 Å². The van der Waals surface area contributed by atoms with Crippen LogP contribution in [0, 0.1) is 5.92 Å². The molecular formula is C46H66BF2N7O11. The van der Waals surface area contributed by atoms with E-state index >= 15 is 0 Å². The van der Waals surface area contributed by atoms with Gasteiger partial charge >= 0.3 is 0 Å². The highest BCUT2D eigenvalue weighted by Gasteiger charge is 2.51. The fourth-order valence-electron chi connectivity index (χ4n) is 7.22. The first-order chi connectivity index (χ1) is 31.6. The number of Topliss-reactive ketones (excluding diaryl/α,β-unsaturated/α-hetero) is 1. The number of amides is 6. The van der Waals surface area contributed by atoms with E-state index in [1.54, 1.807) is 30.0 Å². The Hall–Kier alpha value is -5.67. The SMILES string of the molecule is CC(=O)N1Cc2cccc(CNC(=O)CCOC(C)(C)CCO)c2C1.COc1ccc(CNC(=O)C(=O)C2CC(F)(F)CN2C(=O)CNC(=O)C2CCC(=O)N2)cc1OC.[B]NCCC(C)C. The molecule has 3 heterocycles. The third kappa shape index (κ3) is 18.2. The summed E-state index contributed by atoms with van der Waals surface area (Å²) in [5.74, 6) is -5.95. The topological polar surface area (TPSA) is 234 Å². The molecule has 6 N–H and O–H groups in total. The van der Waals surface area contributed by atoms with E-state index in [1.807, 2.05) is 32.0 Å². The third-order valence-electron chi connectivity index (χ3n) is 11.1. The molecule has 2 fully saturated rings. The van der Waals surface area contributed by atoms with Crippen molar-refractivity contribution in [1.82, 2.24) is 36.3 Å². The van der Waals surface area contributed by atoms with Gasteiger partial charge in [0.05, 0.1) is 39.5 Å². The number of alkyl halides is 2. The molecule has 2 unspecified atom stereocenters. The van der Waals surface area contributed by atoms with E-state index in [0.29, 0.717) is 54.6 Å². The van der Waals surface area contributed by atoms with Gasteiger partial charge in [-0.3, -0.25) is 33.6 Å². The number of halogens is 2. The summed E-state index contributed by atoms with van der Waals surface area (Å²) in [7, 11) is 7.92. The minimum absolute atomic E-state index is 0.0637. The Labute approximate surface area is 392 Å². The smallest absolute Gasteiger partial charge is 0.289 e. The van der Waals surface area contributed by atoms with E-state index in [-0.39, 0.29) is 50.1 Å². The highest BCUT2D eigenvalue weighted by atomic mass is 19.3. The Morgan fingerprint density at radius 2 is 1.72 bits per heavy atom. The van der Waals surface area contributed by atoms with Crippen LogP contribution in [-0.4, -0.2) is 135 Å². The molecule has 6 amide bonds. The van der Waals surface area contributed by atoms with Gasteiger partial charge in [-0.15, -0.1) is 0 Å². The molecule has 67 heavy (non-hydrogen) atoms. The third-order valence-corrected chi connectivity index (χ3v) is 11.1. The average molecular weight is 942 g/mol. The molecule has 18 nitrogen and oxygen atoms in total. The summed E-state index contributed by atoms with van der Waals surface area (Å²) in [6.07, 6.45) is 1.40. The second kappa shape index (κ2) is 26.6. The van der Waals surface area contributed by atoms with Crippen LogP contribution in [0.25, 0.3) is 0 Å². The number of aliphatic hydroxyl groups is 1. The minimum atomic E-state index is -3.37. The number of hydrogen-bond donors (Lipinski definition) is 6. The lowest BCUT2D eigenvalue weighted by molar-refractivity contribution is -0.144. The van der Waals surface area contributed by atoms with Crippen molar-refractivity contribution in [3.8, 4) is 11.5 Å².